The van der Waals surface area contributed by atoms with Gasteiger partial charge < -0.3 is 10.1 Å². The van der Waals surface area contributed by atoms with Crippen LogP contribution in [0.1, 0.15) is 5.56 Å². The second kappa shape index (κ2) is 6.62. The molecule has 0 aliphatic carbocycles. The van der Waals surface area contributed by atoms with E-state index in [0.29, 0.717) is 22.3 Å². The predicted octanol–water partition coefficient (Wildman–Crippen LogP) is 5.27. The second-order valence-corrected chi connectivity index (χ2v) is 5.69. The predicted molar refractivity (Wildman–Crippen MR) is 83.4 cm³/mol. The van der Waals surface area contributed by atoms with Crippen molar-refractivity contribution < 1.29 is 4.74 Å². The van der Waals surface area contributed by atoms with Crippen LogP contribution in [0.5, 0.6) is 11.5 Å². The summed E-state index contributed by atoms with van der Waals surface area (Å²) >= 11 is 15.3. The molecular formula is C14H12BrCl2NO. The molecule has 0 unspecified atom stereocenters. The molecule has 0 radical (unpaired) electrons. The quantitative estimate of drug-likeness (QED) is 0.802. The van der Waals surface area contributed by atoms with Gasteiger partial charge in [0.1, 0.15) is 11.5 Å². The van der Waals surface area contributed by atoms with E-state index >= 15 is 0 Å². The van der Waals surface area contributed by atoms with Gasteiger partial charge >= 0.3 is 0 Å². The van der Waals surface area contributed by atoms with Crippen LogP contribution in [0.25, 0.3) is 0 Å². The lowest BCUT2D eigenvalue weighted by Gasteiger charge is -2.12. The molecule has 0 aliphatic heterocycles. The first-order valence-electron chi connectivity index (χ1n) is 5.66. The minimum Gasteiger partial charge on any atom is -0.456 e. The van der Waals surface area contributed by atoms with E-state index in [4.69, 9.17) is 27.9 Å². The van der Waals surface area contributed by atoms with Crippen LogP contribution in [-0.2, 0) is 6.54 Å². The molecule has 0 heterocycles. The van der Waals surface area contributed by atoms with E-state index < -0.39 is 0 Å². The summed E-state index contributed by atoms with van der Waals surface area (Å²) in [5.41, 5.74) is 0.997. The molecule has 1 N–H and O–H groups in total. The zero-order valence-corrected chi connectivity index (χ0v) is 13.3. The lowest BCUT2D eigenvalue weighted by atomic mass is 10.2. The standard InChI is InChI=1S/C14H12BrCl2NO/c1-18-8-9-6-10(16)2-4-13(9)19-14-5-3-11(17)7-12(14)15/h2-7,18H,8H2,1H3. The largest absolute Gasteiger partial charge is 0.456 e. The Morgan fingerprint density at radius 3 is 2.32 bits per heavy atom. The zero-order chi connectivity index (χ0) is 13.8. The molecule has 19 heavy (non-hydrogen) atoms. The maximum Gasteiger partial charge on any atom is 0.141 e. The van der Waals surface area contributed by atoms with Crippen LogP contribution in [0.4, 0.5) is 0 Å². The van der Waals surface area contributed by atoms with Crippen molar-refractivity contribution in [2.45, 2.75) is 6.54 Å². The van der Waals surface area contributed by atoms with Crippen molar-refractivity contribution in [1.82, 2.24) is 5.32 Å². The number of hydrogen-bond acceptors (Lipinski definition) is 2. The molecule has 2 rings (SSSR count). The molecule has 100 valence electrons. The summed E-state index contributed by atoms with van der Waals surface area (Å²) in [4.78, 5) is 0. The molecule has 0 spiro atoms. The average Bonchev–Trinajstić information content (AvgIpc) is 2.36. The highest BCUT2D eigenvalue weighted by Gasteiger charge is 2.08. The summed E-state index contributed by atoms with van der Waals surface area (Å²) in [5.74, 6) is 1.48. The first-order chi connectivity index (χ1) is 9.10. The SMILES string of the molecule is CNCc1cc(Cl)ccc1Oc1ccc(Cl)cc1Br. The minimum atomic E-state index is 0.658. The average molecular weight is 361 g/mol. The molecule has 0 bridgehead atoms. The third kappa shape index (κ3) is 3.86. The number of nitrogens with one attached hydrogen (secondary N) is 1. The third-order valence-corrected chi connectivity index (χ3v) is 3.59. The van der Waals surface area contributed by atoms with Gasteiger partial charge in [0.05, 0.1) is 4.47 Å². The maximum atomic E-state index is 6.00. The van der Waals surface area contributed by atoms with Gasteiger partial charge in [-0.15, -0.1) is 0 Å². The van der Waals surface area contributed by atoms with Gasteiger partial charge in [-0.1, -0.05) is 23.2 Å². The number of ether oxygens (including phenoxy) is 1. The van der Waals surface area contributed by atoms with E-state index in [0.717, 1.165) is 15.8 Å². The highest BCUT2D eigenvalue weighted by Crippen LogP contribution is 2.34. The van der Waals surface area contributed by atoms with E-state index in [2.05, 4.69) is 21.2 Å². The van der Waals surface area contributed by atoms with Gasteiger partial charge in [-0.2, -0.15) is 0 Å². The lowest BCUT2D eigenvalue weighted by molar-refractivity contribution is 0.471. The smallest absolute Gasteiger partial charge is 0.141 e. The molecular weight excluding hydrogens is 349 g/mol. The third-order valence-electron chi connectivity index (χ3n) is 2.50. The molecule has 2 aromatic carbocycles. The molecule has 0 saturated carbocycles. The normalized spacial score (nSPS) is 10.5. The molecule has 2 nitrogen and oxygen atoms in total. The summed E-state index contributed by atoms with van der Waals surface area (Å²) in [7, 11) is 1.88. The van der Waals surface area contributed by atoms with Gasteiger partial charge in [0.25, 0.3) is 0 Å². The lowest BCUT2D eigenvalue weighted by Crippen LogP contribution is -2.06. The first-order valence-corrected chi connectivity index (χ1v) is 7.21. The fourth-order valence-electron chi connectivity index (χ4n) is 1.65. The van der Waals surface area contributed by atoms with E-state index in [-0.39, 0.29) is 0 Å². The Kier molecular flexibility index (Phi) is 5.11. The Labute approximate surface area is 130 Å². The fraction of sp³-hybridized carbons (Fsp3) is 0.143. The van der Waals surface area contributed by atoms with Crippen molar-refractivity contribution >= 4 is 39.1 Å². The van der Waals surface area contributed by atoms with Crippen molar-refractivity contribution in [3.63, 3.8) is 0 Å². The number of benzene rings is 2. The summed E-state index contributed by atoms with van der Waals surface area (Å²) in [6, 6.07) is 11.0. The van der Waals surface area contributed by atoms with Crippen molar-refractivity contribution in [1.29, 1.82) is 0 Å². The van der Waals surface area contributed by atoms with Gasteiger partial charge in [0.2, 0.25) is 0 Å². The molecule has 2 aromatic rings. The first kappa shape index (κ1) is 14.7. The summed E-state index contributed by atoms with van der Waals surface area (Å²) in [5, 5.41) is 4.44. The van der Waals surface area contributed by atoms with Crippen molar-refractivity contribution in [2.75, 3.05) is 7.05 Å². The van der Waals surface area contributed by atoms with Crippen LogP contribution >= 0.6 is 39.1 Å². The van der Waals surface area contributed by atoms with Crippen LogP contribution in [0.2, 0.25) is 10.0 Å². The van der Waals surface area contributed by atoms with E-state index in [1.165, 1.54) is 0 Å². The number of hydrogen-bond donors (Lipinski definition) is 1. The van der Waals surface area contributed by atoms with Gasteiger partial charge in [-0.05, 0) is 59.4 Å². The van der Waals surface area contributed by atoms with E-state index in [1.54, 1.807) is 18.2 Å². The van der Waals surface area contributed by atoms with Crippen LogP contribution < -0.4 is 10.1 Å². The van der Waals surface area contributed by atoms with Crippen molar-refractivity contribution in [3.05, 3.63) is 56.5 Å². The Bertz CT molecular complexity index is 590. The van der Waals surface area contributed by atoms with Gasteiger partial charge in [-0.3, -0.25) is 0 Å². The van der Waals surface area contributed by atoms with Crippen molar-refractivity contribution in [2.24, 2.45) is 0 Å². The van der Waals surface area contributed by atoms with Crippen LogP contribution in [0.3, 0.4) is 0 Å². The highest BCUT2D eigenvalue weighted by atomic mass is 79.9. The second-order valence-electron chi connectivity index (χ2n) is 3.96. The Morgan fingerprint density at radius 2 is 1.68 bits per heavy atom. The number of halogens is 3. The zero-order valence-electron chi connectivity index (χ0n) is 10.2. The highest BCUT2D eigenvalue weighted by molar-refractivity contribution is 9.10. The van der Waals surface area contributed by atoms with Gasteiger partial charge in [0.15, 0.2) is 0 Å². The van der Waals surface area contributed by atoms with Gasteiger partial charge in [-0.25, -0.2) is 0 Å². The van der Waals surface area contributed by atoms with Crippen LogP contribution in [0, 0.1) is 0 Å². The van der Waals surface area contributed by atoms with Crippen LogP contribution in [-0.4, -0.2) is 7.05 Å². The van der Waals surface area contributed by atoms with Crippen LogP contribution in [0.15, 0.2) is 40.9 Å². The molecule has 0 amide bonds. The minimum absolute atomic E-state index is 0.658. The number of rotatable bonds is 4. The summed E-state index contributed by atoms with van der Waals surface area (Å²) in [6.45, 7) is 0.682. The van der Waals surface area contributed by atoms with Gasteiger partial charge in [0, 0.05) is 22.2 Å². The Balaban J connectivity index is 2.32. The molecule has 0 saturated heterocycles. The summed E-state index contributed by atoms with van der Waals surface area (Å²) in [6.07, 6.45) is 0. The topological polar surface area (TPSA) is 21.3 Å². The van der Waals surface area contributed by atoms with Crippen molar-refractivity contribution in [3.8, 4) is 11.5 Å². The monoisotopic (exact) mass is 359 g/mol. The molecule has 0 fully saturated rings. The molecule has 5 heteroatoms. The molecule has 0 atom stereocenters. The fourth-order valence-corrected chi connectivity index (χ4v) is 2.61. The Morgan fingerprint density at radius 1 is 1.05 bits per heavy atom. The Hall–Kier alpha value is -0.740. The molecule has 0 aliphatic rings. The molecule has 0 aromatic heterocycles. The van der Waals surface area contributed by atoms with E-state index in [1.807, 2.05) is 25.2 Å². The maximum absolute atomic E-state index is 6.00. The van der Waals surface area contributed by atoms with E-state index in [9.17, 15) is 0 Å². The summed E-state index contributed by atoms with van der Waals surface area (Å²) < 4.78 is 6.71.